The summed E-state index contributed by atoms with van der Waals surface area (Å²) in [6.45, 7) is 6.44. The Morgan fingerprint density at radius 3 is 1.35 bits per heavy atom. The number of amides is 4. The van der Waals surface area contributed by atoms with Gasteiger partial charge < -0.3 is 54.7 Å². The maximum absolute atomic E-state index is 13.6. The molecule has 0 aliphatic rings. The standard InChI is InChI=1S/C30H59N11O5/c1-4-7-12-20(19-42)38-26(44)24(16-11-18-37-30(34)35)41-28(46)23(15-9-6-3)40-27(45)22(14-8-5-2)39-25(43)21(31)13-10-17-36-29(32)33/h19-24H,4-18,31H2,1-3H3,(H,38,44)(H,39,43)(H,40,45)(H,41,46)(H4,32,33,36)(H4,34,35,37)/t20-,21-,22-,23-,24-/m0/s1. The maximum atomic E-state index is 13.6. The first-order chi connectivity index (χ1) is 21.9. The maximum Gasteiger partial charge on any atom is 0.243 e. The highest BCUT2D eigenvalue weighted by molar-refractivity contribution is 5.95. The fraction of sp³-hybridized carbons (Fsp3) is 0.767. The number of hydrogen-bond donors (Lipinski definition) is 9. The number of nitrogens with one attached hydrogen (secondary N) is 4. The highest BCUT2D eigenvalue weighted by atomic mass is 16.2. The Balaban J connectivity index is 5.77. The molecule has 0 rings (SSSR count). The van der Waals surface area contributed by atoms with Gasteiger partial charge in [0.05, 0.1) is 12.1 Å². The molecule has 0 unspecified atom stereocenters. The third-order valence-electron chi connectivity index (χ3n) is 7.20. The summed E-state index contributed by atoms with van der Waals surface area (Å²) in [6.07, 6.45) is 7.56. The normalized spacial score (nSPS) is 14.0. The molecule has 0 aliphatic carbocycles. The molecule has 46 heavy (non-hydrogen) atoms. The van der Waals surface area contributed by atoms with Crippen LogP contribution in [0.25, 0.3) is 0 Å². The van der Waals surface area contributed by atoms with Gasteiger partial charge in [0.15, 0.2) is 11.9 Å². The van der Waals surface area contributed by atoms with Crippen LogP contribution < -0.4 is 49.9 Å². The lowest BCUT2D eigenvalue weighted by atomic mass is 10.0. The fourth-order valence-corrected chi connectivity index (χ4v) is 4.48. The van der Waals surface area contributed by atoms with Gasteiger partial charge in [-0.2, -0.15) is 0 Å². The number of aldehydes is 1. The zero-order valence-corrected chi connectivity index (χ0v) is 27.9. The van der Waals surface area contributed by atoms with Crippen molar-refractivity contribution in [2.24, 2.45) is 38.7 Å². The van der Waals surface area contributed by atoms with Gasteiger partial charge in [-0.25, -0.2) is 0 Å². The van der Waals surface area contributed by atoms with Crippen molar-refractivity contribution in [1.82, 2.24) is 21.3 Å². The Morgan fingerprint density at radius 2 is 0.935 bits per heavy atom. The Labute approximate surface area is 273 Å². The molecule has 4 amide bonds. The zero-order chi connectivity index (χ0) is 34.9. The van der Waals surface area contributed by atoms with Crippen LogP contribution in [-0.4, -0.2) is 85.1 Å². The number of hydrogen-bond acceptors (Lipinski definition) is 8. The van der Waals surface area contributed by atoms with Crippen molar-refractivity contribution in [3.63, 3.8) is 0 Å². The number of guanidine groups is 2. The summed E-state index contributed by atoms with van der Waals surface area (Å²) < 4.78 is 0. The van der Waals surface area contributed by atoms with E-state index in [-0.39, 0.29) is 24.9 Å². The number of nitrogens with zero attached hydrogens (tertiary/aromatic N) is 2. The van der Waals surface area contributed by atoms with E-state index >= 15 is 0 Å². The molecular formula is C30H59N11O5. The Morgan fingerprint density at radius 1 is 0.565 bits per heavy atom. The van der Waals surface area contributed by atoms with E-state index in [1.807, 2.05) is 20.8 Å². The van der Waals surface area contributed by atoms with Crippen LogP contribution in [0, 0.1) is 0 Å². The van der Waals surface area contributed by atoms with E-state index in [1.165, 1.54) is 0 Å². The highest BCUT2D eigenvalue weighted by Crippen LogP contribution is 2.09. The van der Waals surface area contributed by atoms with Crippen LogP contribution >= 0.6 is 0 Å². The van der Waals surface area contributed by atoms with Crippen molar-refractivity contribution in [2.75, 3.05) is 13.1 Å². The minimum atomic E-state index is -1.00. The van der Waals surface area contributed by atoms with Crippen molar-refractivity contribution in [3.8, 4) is 0 Å². The van der Waals surface area contributed by atoms with Crippen molar-refractivity contribution in [2.45, 2.75) is 134 Å². The van der Waals surface area contributed by atoms with Gasteiger partial charge >= 0.3 is 0 Å². The smallest absolute Gasteiger partial charge is 0.243 e. The molecular weight excluding hydrogens is 594 g/mol. The molecule has 5 atom stereocenters. The molecule has 0 bridgehead atoms. The summed E-state index contributed by atoms with van der Waals surface area (Å²) in [5.74, 6) is -2.25. The molecule has 0 aromatic rings. The Bertz CT molecular complexity index is 984. The Kier molecular flexibility index (Phi) is 23.1. The van der Waals surface area contributed by atoms with E-state index in [4.69, 9.17) is 28.7 Å². The van der Waals surface area contributed by atoms with Gasteiger partial charge in [-0.05, 0) is 44.9 Å². The molecule has 0 radical (unpaired) electrons. The van der Waals surface area contributed by atoms with Crippen LogP contribution in [0.15, 0.2) is 9.98 Å². The summed E-state index contributed by atoms with van der Waals surface area (Å²) in [5.41, 5.74) is 27.5. The van der Waals surface area contributed by atoms with Gasteiger partial charge in [0, 0.05) is 13.1 Å². The lowest BCUT2D eigenvalue weighted by Gasteiger charge is -2.26. The molecule has 14 N–H and O–H groups in total. The average molecular weight is 654 g/mol. The van der Waals surface area contributed by atoms with E-state index < -0.39 is 53.8 Å². The van der Waals surface area contributed by atoms with E-state index in [0.29, 0.717) is 64.2 Å². The first-order valence-electron chi connectivity index (χ1n) is 16.4. The molecule has 16 heteroatoms. The molecule has 0 aromatic heterocycles. The first kappa shape index (κ1) is 42.0. The Hall–Kier alpha value is -3.95. The zero-order valence-electron chi connectivity index (χ0n) is 27.9. The van der Waals surface area contributed by atoms with Gasteiger partial charge in [0.25, 0.3) is 0 Å². The third kappa shape index (κ3) is 19.4. The molecule has 0 heterocycles. The summed E-state index contributed by atoms with van der Waals surface area (Å²) in [5, 5.41) is 11.0. The monoisotopic (exact) mass is 653 g/mol. The largest absolute Gasteiger partial charge is 0.370 e. The first-order valence-corrected chi connectivity index (χ1v) is 16.4. The van der Waals surface area contributed by atoms with Crippen molar-refractivity contribution in [1.29, 1.82) is 0 Å². The number of carbonyl (C=O) groups is 5. The summed E-state index contributed by atoms with van der Waals surface area (Å²) in [4.78, 5) is 72.4. The van der Waals surface area contributed by atoms with Crippen LogP contribution in [-0.2, 0) is 24.0 Å². The lowest BCUT2D eigenvalue weighted by Crippen LogP contribution is -2.58. The summed E-state index contributed by atoms with van der Waals surface area (Å²) in [6, 6.07) is -4.47. The summed E-state index contributed by atoms with van der Waals surface area (Å²) in [7, 11) is 0. The number of carbonyl (C=O) groups excluding carboxylic acids is 5. The van der Waals surface area contributed by atoms with Gasteiger partial charge in [0.2, 0.25) is 23.6 Å². The lowest BCUT2D eigenvalue weighted by molar-refractivity contribution is -0.134. The van der Waals surface area contributed by atoms with Gasteiger partial charge in [0.1, 0.15) is 24.4 Å². The van der Waals surface area contributed by atoms with Gasteiger partial charge in [-0.15, -0.1) is 0 Å². The number of unbranched alkanes of at least 4 members (excludes halogenated alkanes) is 3. The van der Waals surface area contributed by atoms with E-state index in [9.17, 15) is 24.0 Å². The number of nitrogens with two attached hydrogens (primary N) is 5. The van der Waals surface area contributed by atoms with E-state index in [2.05, 4.69) is 31.3 Å². The van der Waals surface area contributed by atoms with Crippen molar-refractivity contribution >= 4 is 41.8 Å². The van der Waals surface area contributed by atoms with Crippen LogP contribution in [0.1, 0.15) is 104 Å². The molecule has 0 saturated heterocycles. The highest BCUT2D eigenvalue weighted by Gasteiger charge is 2.30. The molecule has 264 valence electrons. The van der Waals surface area contributed by atoms with Crippen LogP contribution in [0.2, 0.25) is 0 Å². The second kappa shape index (κ2) is 25.3. The van der Waals surface area contributed by atoms with Crippen LogP contribution in [0.5, 0.6) is 0 Å². The predicted molar refractivity (Wildman–Crippen MR) is 180 cm³/mol. The number of rotatable bonds is 26. The second-order valence-corrected chi connectivity index (χ2v) is 11.4. The molecule has 0 aromatic carbocycles. The van der Waals surface area contributed by atoms with Crippen LogP contribution in [0.4, 0.5) is 0 Å². The minimum Gasteiger partial charge on any atom is -0.370 e. The quantitative estimate of drug-likeness (QED) is 0.0241. The fourth-order valence-electron chi connectivity index (χ4n) is 4.48. The van der Waals surface area contributed by atoms with Crippen molar-refractivity contribution < 1.29 is 24.0 Å². The molecule has 16 nitrogen and oxygen atoms in total. The van der Waals surface area contributed by atoms with E-state index in [0.717, 1.165) is 25.7 Å². The minimum absolute atomic E-state index is 0.0500. The topological polar surface area (TPSA) is 288 Å². The number of aliphatic imine (C=N–C) groups is 2. The average Bonchev–Trinajstić information content (AvgIpc) is 3.01. The SMILES string of the molecule is CCCC[C@@H](C=O)NC(=O)[C@H](CCCN=C(N)N)NC(=O)[C@H](CCCC)NC(=O)[C@H](CCCC)NC(=O)[C@@H](N)CCCN=C(N)N. The molecule has 0 aliphatic heterocycles. The second-order valence-electron chi connectivity index (χ2n) is 11.4. The van der Waals surface area contributed by atoms with Crippen LogP contribution in [0.3, 0.4) is 0 Å². The van der Waals surface area contributed by atoms with Crippen molar-refractivity contribution in [3.05, 3.63) is 0 Å². The van der Waals surface area contributed by atoms with E-state index in [1.54, 1.807) is 0 Å². The van der Waals surface area contributed by atoms with Gasteiger partial charge in [-0.1, -0.05) is 59.3 Å². The third-order valence-corrected chi connectivity index (χ3v) is 7.20. The molecule has 0 spiro atoms. The predicted octanol–water partition coefficient (Wildman–Crippen LogP) is -0.870. The molecule has 0 saturated carbocycles. The summed E-state index contributed by atoms with van der Waals surface area (Å²) >= 11 is 0. The van der Waals surface area contributed by atoms with Gasteiger partial charge in [-0.3, -0.25) is 29.2 Å². The molecule has 0 fully saturated rings.